The van der Waals surface area contributed by atoms with E-state index in [1.807, 2.05) is 19.0 Å². The molecule has 0 aliphatic heterocycles. The average Bonchev–Trinajstić information content (AvgIpc) is 2.79. The van der Waals surface area contributed by atoms with E-state index in [9.17, 15) is 22.8 Å². The van der Waals surface area contributed by atoms with Gasteiger partial charge in [-0.05, 0) is 44.4 Å². The van der Waals surface area contributed by atoms with Crippen molar-refractivity contribution < 1.29 is 27.5 Å². The predicted molar refractivity (Wildman–Crippen MR) is 126 cm³/mol. The van der Waals surface area contributed by atoms with Crippen LogP contribution in [0.5, 0.6) is 11.8 Å². The van der Waals surface area contributed by atoms with Gasteiger partial charge in [0.25, 0.3) is 5.91 Å². The fraction of sp³-hybridized carbons (Fsp3) is 0.227. The number of halogens is 4. The van der Waals surface area contributed by atoms with E-state index in [2.05, 4.69) is 30.9 Å². The Balaban J connectivity index is 1.63. The maximum absolute atomic E-state index is 13.0. The molecule has 0 saturated carbocycles. The fourth-order valence-electron chi connectivity index (χ4n) is 2.77. The summed E-state index contributed by atoms with van der Waals surface area (Å²) in [6.07, 6.45) is -3.54. The van der Waals surface area contributed by atoms with Crippen molar-refractivity contribution in [2.24, 2.45) is 0 Å². The van der Waals surface area contributed by atoms with Crippen molar-refractivity contribution in [3.63, 3.8) is 0 Å². The number of carbonyl (C=O) groups excluding carboxylic acids is 2. The molecule has 0 atom stereocenters. The zero-order chi connectivity index (χ0) is 26.3. The van der Waals surface area contributed by atoms with Crippen LogP contribution >= 0.6 is 11.6 Å². The van der Waals surface area contributed by atoms with Gasteiger partial charge in [-0.2, -0.15) is 23.1 Å². The lowest BCUT2D eigenvalue weighted by Crippen LogP contribution is -2.32. The summed E-state index contributed by atoms with van der Waals surface area (Å²) in [7, 11) is 3.74. The second kappa shape index (κ2) is 11.6. The Labute approximate surface area is 208 Å². The van der Waals surface area contributed by atoms with Crippen molar-refractivity contribution in [2.75, 3.05) is 37.8 Å². The standard InChI is InChI=1S/C22H21ClF3N7O3/c1-33(2)9-8-27-19(34)18-28-12-29-21(32-18)36-15-5-3-4-13(10-15)30-20(35)31-14-6-7-17(23)16(11-14)22(24,25)26/h3-7,10-12H,8-9H2,1-2H3,(H,27,34)(H2,30,31,35). The molecule has 0 saturated heterocycles. The molecule has 1 aromatic heterocycles. The van der Waals surface area contributed by atoms with Gasteiger partial charge in [-0.1, -0.05) is 17.7 Å². The van der Waals surface area contributed by atoms with Gasteiger partial charge in [-0.15, -0.1) is 0 Å². The molecule has 3 amide bonds. The van der Waals surface area contributed by atoms with E-state index in [0.717, 1.165) is 18.5 Å². The number of nitrogens with zero attached hydrogens (tertiary/aromatic N) is 4. The first kappa shape index (κ1) is 26.6. The zero-order valence-corrected chi connectivity index (χ0v) is 19.8. The first-order valence-corrected chi connectivity index (χ1v) is 10.7. The van der Waals surface area contributed by atoms with Gasteiger partial charge in [0.05, 0.1) is 10.6 Å². The molecule has 3 rings (SSSR count). The highest BCUT2D eigenvalue weighted by Gasteiger charge is 2.33. The summed E-state index contributed by atoms with van der Waals surface area (Å²) in [4.78, 5) is 38.1. The van der Waals surface area contributed by atoms with E-state index in [0.29, 0.717) is 13.1 Å². The normalized spacial score (nSPS) is 11.2. The van der Waals surface area contributed by atoms with Gasteiger partial charge in [0.1, 0.15) is 12.1 Å². The van der Waals surface area contributed by atoms with E-state index >= 15 is 0 Å². The summed E-state index contributed by atoms with van der Waals surface area (Å²) in [6.45, 7) is 1.03. The quantitative estimate of drug-likeness (QED) is 0.403. The summed E-state index contributed by atoms with van der Waals surface area (Å²) in [6, 6.07) is 8.16. The number of hydrogen-bond donors (Lipinski definition) is 3. The first-order chi connectivity index (χ1) is 17.0. The number of carbonyl (C=O) groups is 2. The first-order valence-electron chi connectivity index (χ1n) is 10.4. The van der Waals surface area contributed by atoms with Crippen LogP contribution in [0.4, 0.5) is 29.3 Å². The second-order valence-electron chi connectivity index (χ2n) is 7.55. The molecule has 0 fully saturated rings. The van der Waals surface area contributed by atoms with Gasteiger partial charge in [-0.3, -0.25) is 4.79 Å². The molecule has 10 nitrogen and oxygen atoms in total. The van der Waals surface area contributed by atoms with E-state index in [-0.39, 0.29) is 29.0 Å². The number of ether oxygens (including phenoxy) is 1. The van der Waals surface area contributed by atoms with Crippen LogP contribution in [0.15, 0.2) is 48.8 Å². The van der Waals surface area contributed by atoms with Crippen molar-refractivity contribution >= 4 is 34.9 Å². The van der Waals surface area contributed by atoms with E-state index < -0.39 is 28.7 Å². The summed E-state index contributed by atoms with van der Waals surface area (Å²) < 4.78 is 44.6. The van der Waals surface area contributed by atoms with E-state index in [1.54, 1.807) is 12.1 Å². The highest BCUT2D eigenvalue weighted by molar-refractivity contribution is 6.31. The summed E-state index contributed by atoms with van der Waals surface area (Å²) in [5.41, 5.74) is -0.899. The van der Waals surface area contributed by atoms with Gasteiger partial charge in [0, 0.05) is 30.5 Å². The lowest BCUT2D eigenvalue weighted by molar-refractivity contribution is -0.137. The van der Waals surface area contributed by atoms with Gasteiger partial charge in [0.2, 0.25) is 5.82 Å². The van der Waals surface area contributed by atoms with Crippen molar-refractivity contribution in [1.82, 2.24) is 25.2 Å². The smallest absolute Gasteiger partial charge is 0.417 e. The third kappa shape index (κ3) is 7.78. The molecule has 14 heteroatoms. The molecule has 0 bridgehead atoms. The summed E-state index contributed by atoms with van der Waals surface area (Å²) in [5.74, 6) is -0.399. The van der Waals surface area contributed by atoms with Crippen LogP contribution in [-0.4, -0.2) is 59.0 Å². The Bertz CT molecular complexity index is 1240. The minimum Gasteiger partial charge on any atom is -0.424 e. The molecule has 3 N–H and O–H groups in total. The maximum atomic E-state index is 13.0. The minimum atomic E-state index is -4.67. The lowest BCUT2D eigenvalue weighted by atomic mass is 10.2. The number of urea groups is 1. The predicted octanol–water partition coefficient (Wildman–Crippen LogP) is 4.27. The number of aromatic nitrogens is 3. The minimum absolute atomic E-state index is 0.0989. The van der Waals surface area contributed by atoms with Gasteiger partial charge >= 0.3 is 18.2 Å². The second-order valence-corrected chi connectivity index (χ2v) is 7.96. The Morgan fingerprint density at radius 1 is 1.06 bits per heavy atom. The number of hydrogen-bond acceptors (Lipinski definition) is 7. The molecule has 0 aliphatic carbocycles. The lowest BCUT2D eigenvalue weighted by Gasteiger charge is -2.13. The number of rotatable bonds is 8. The molecular weight excluding hydrogens is 503 g/mol. The molecule has 190 valence electrons. The maximum Gasteiger partial charge on any atom is 0.417 e. The van der Waals surface area contributed by atoms with E-state index in [1.165, 1.54) is 18.2 Å². The Morgan fingerprint density at radius 2 is 1.78 bits per heavy atom. The molecule has 0 spiro atoms. The largest absolute Gasteiger partial charge is 0.424 e. The van der Waals surface area contributed by atoms with Crippen molar-refractivity contribution in [1.29, 1.82) is 0 Å². The van der Waals surface area contributed by atoms with Crippen LogP contribution in [-0.2, 0) is 6.18 Å². The van der Waals surface area contributed by atoms with Crippen LogP contribution in [0, 0.1) is 0 Å². The number of alkyl halides is 3. The number of nitrogens with one attached hydrogen (secondary N) is 3. The zero-order valence-electron chi connectivity index (χ0n) is 19.1. The number of benzene rings is 2. The molecule has 0 aliphatic rings. The number of anilines is 2. The molecule has 2 aromatic carbocycles. The molecule has 3 aromatic rings. The van der Waals surface area contributed by atoms with Crippen LogP contribution < -0.4 is 20.7 Å². The number of amides is 3. The Morgan fingerprint density at radius 3 is 2.47 bits per heavy atom. The van der Waals surface area contributed by atoms with Crippen LogP contribution in [0.3, 0.4) is 0 Å². The molecule has 0 radical (unpaired) electrons. The van der Waals surface area contributed by atoms with Crippen molar-refractivity contribution in [3.8, 4) is 11.8 Å². The summed E-state index contributed by atoms with van der Waals surface area (Å²) in [5, 5.41) is 6.99. The monoisotopic (exact) mass is 523 g/mol. The topological polar surface area (TPSA) is 121 Å². The Kier molecular flexibility index (Phi) is 8.61. The van der Waals surface area contributed by atoms with E-state index in [4.69, 9.17) is 16.3 Å². The van der Waals surface area contributed by atoms with Gasteiger partial charge in [0.15, 0.2) is 0 Å². The molecule has 36 heavy (non-hydrogen) atoms. The Hall–Kier alpha value is -3.97. The average molecular weight is 524 g/mol. The third-order valence-electron chi connectivity index (χ3n) is 4.43. The van der Waals surface area contributed by atoms with Gasteiger partial charge < -0.3 is 25.6 Å². The number of likely N-dealkylation sites (N-methyl/N-ethyl adjacent to an activating group) is 1. The SMILES string of the molecule is CN(C)CCNC(=O)c1ncnc(Oc2cccc(NC(=O)Nc3ccc(Cl)c(C(F)(F)F)c3)c2)n1. The third-order valence-corrected chi connectivity index (χ3v) is 4.76. The summed E-state index contributed by atoms with van der Waals surface area (Å²) >= 11 is 5.59. The van der Waals surface area contributed by atoms with Crippen LogP contribution in [0.1, 0.15) is 16.2 Å². The highest BCUT2D eigenvalue weighted by atomic mass is 35.5. The van der Waals surface area contributed by atoms with Gasteiger partial charge in [-0.25, -0.2) is 9.78 Å². The molecular formula is C22H21ClF3N7O3. The molecule has 0 unspecified atom stereocenters. The molecule has 1 heterocycles. The van der Waals surface area contributed by atoms with Crippen LogP contribution in [0.25, 0.3) is 0 Å². The fourth-order valence-corrected chi connectivity index (χ4v) is 2.99. The van der Waals surface area contributed by atoms with Crippen LogP contribution in [0.2, 0.25) is 5.02 Å². The van der Waals surface area contributed by atoms with Crippen molar-refractivity contribution in [2.45, 2.75) is 6.18 Å². The highest BCUT2D eigenvalue weighted by Crippen LogP contribution is 2.36. The van der Waals surface area contributed by atoms with Crippen molar-refractivity contribution in [3.05, 3.63) is 65.2 Å².